The van der Waals surface area contributed by atoms with E-state index in [0.717, 1.165) is 0 Å². The summed E-state index contributed by atoms with van der Waals surface area (Å²) in [4.78, 5) is 34.1. The lowest BCUT2D eigenvalue weighted by atomic mass is 10.1. The van der Waals surface area contributed by atoms with Gasteiger partial charge in [0.25, 0.3) is 5.91 Å². The van der Waals surface area contributed by atoms with Crippen molar-refractivity contribution in [1.82, 2.24) is 10.6 Å². The molecule has 0 heterocycles. The van der Waals surface area contributed by atoms with Crippen LogP contribution in [-0.4, -0.2) is 36.0 Å². The van der Waals surface area contributed by atoms with Crippen molar-refractivity contribution in [3.63, 3.8) is 0 Å². The first kappa shape index (κ1) is 16.5. The third-order valence-electron chi connectivity index (χ3n) is 2.97. The molecule has 0 saturated heterocycles. The molecular formula is C14H19N3O4. The second-order valence-electron chi connectivity index (χ2n) is 4.55. The maximum absolute atomic E-state index is 11.7. The Morgan fingerprint density at radius 1 is 1.19 bits per heavy atom. The van der Waals surface area contributed by atoms with Gasteiger partial charge >= 0.3 is 5.97 Å². The normalized spacial score (nSPS) is 11.5. The summed E-state index contributed by atoms with van der Waals surface area (Å²) in [5.41, 5.74) is 6.45. The Balaban J connectivity index is 2.37. The molecule has 1 rings (SSSR count). The number of nitrogens with two attached hydrogens (primary N) is 1. The van der Waals surface area contributed by atoms with E-state index < -0.39 is 23.7 Å². The van der Waals surface area contributed by atoms with Gasteiger partial charge in [-0.2, -0.15) is 0 Å². The summed E-state index contributed by atoms with van der Waals surface area (Å²) in [6, 6.07) is 6.29. The highest BCUT2D eigenvalue weighted by molar-refractivity contribution is 5.96. The van der Waals surface area contributed by atoms with Crippen LogP contribution in [0.25, 0.3) is 0 Å². The van der Waals surface area contributed by atoms with Gasteiger partial charge < -0.3 is 21.5 Å². The average molecular weight is 293 g/mol. The van der Waals surface area contributed by atoms with Crippen molar-refractivity contribution in [2.75, 3.05) is 18.8 Å². The van der Waals surface area contributed by atoms with Crippen LogP contribution >= 0.6 is 0 Å². The summed E-state index contributed by atoms with van der Waals surface area (Å²) in [6.07, 6.45) is 0.424. The van der Waals surface area contributed by atoms with E-state index in [0.29, 0.717) is 17.7 Å². The molecule has 0 bridgehead atoms. The molecule has 1 aromatic carbocycles. The molecule has 1 atom stereocenters. The standard InChI is InChI=1S/C14H19N3O4/c1-2-9(14(20)21)7-16-12(18)8-17-13(19)10-3-5-11(15)6-4-10/h3-6,9H,2,7-8,15H2,1H3,(H,16,18)(H,17,19)(H,20,21). The van der Waals surface area contributed by atoms with E-state index in [1.54, 1.807) is 31.2 Å². The van der Waals surface area contributed by atoms with E-state index >= 15 is 0 Å². The SMILES string of the molecule is CCC(CNC(=O)CNC(=O)c1ccc(N)cc1)C(=O)O. The average Bonchev–Trinajstić information content (AvgIpc) is 2.45. The summed E-state index contributed by atoms with van der Waals surface area (Å²) < 4.78 is 0. The lowest BCUT2D eigenvalue weighted by Crippen LogP contribution is -2.40. The Kier molecular flexibility index (Phi) is 6.19. The molecule has 0 aliphatic rings. The number of anilines is 1. The second kappa shape index (κ2) is 7.88. The fourth-order valence-electron chi connectivity index (χ4n) is 1.60. The van der Waals surface area contributed by atoms with Crippen LogP contribution in [0.4, 0.5) is 5.69 Å². The number of benzene rings is 1. The molecule has 7 nitrogen and oxygen atoms in total. The van der Waals surface area contributed by atoms with Crippen molar-refractivity contribution >= 4 is 23.5 Å². The van der Waals surface area contributed by atoms with Crippen molar-refractivity contribution in [3.8, 4) is 0 Å². The number of carbonyl (C=O) groups is 3. The smallest absolute Gasteiger partial charge is 0.308 e. The molecule has 0 fully saturated rings. The molecule has 114 valence electrons. The summed E-state index contributed by atoms with van der Waals surface area (Å²) >= 11 is 0. The predicted octanol–water partition coefficient (Wildman–Crippen LogP) is 0.226. The van der Waals surface area contributed by atoms with E-state index in [4.69, 9.17) is 10.8 Å². The molecule has 21 heavy (non-hydrogen) atoms. The monoisotopic (exact) mass is 293 g/mol. The Morgan fingerprint density at radius 3 is 2.33 bits per heavy atom. The van der Waals surface area contributed by atoms with Gasteiger partial charge in [-0.05, 0) is 30.7 Å². The van der Waals surface area contributed by atoms with E-state index in [2.05, 4.69) is 10.6 Å². The summed E-state index contributed by atoms with van der Waals surface area (Å²) in [7, 11) is 0. The number of hydrogen-bond acceptors (Lipinski definition) is 4. The maximum atomic E-state index is 11.7. The fraction of sp³-hybridized carbons (Fsp3) is 0.357. The molecule has 2 amide bonds. The van der Waals surface area contributed by atoms with Gasteiger partial charge in [-0.25, -0.2) is 0 Å². The van der Waals surface area contributed by atoms with Gasteiger partial charge in [0.15, 0.2) is 0 Å². The zero-order chi connectivity index (χ0) is 15.8. The van der Waals surface area contributed by atoms with Crippen molar-refractivity contribution in [2.45, 2.75) is 13.3 Å². The summed E-state index contributed by atoms with van der Waals surface area (Å²) in [5, 5.41) is 13.8. The molecule has 7 heteroatoms. The van der Waals surface area contributed by atoms with Gasteiger partial charge in [0, 0.05) is 17.8 Å². The molecule has 0 radical (unpaired) electrons. The van der Waals surface area contributed by atoms with Crippen molar-refractivity contribution in [3.05, 3.63) is 29.8 Å². The quantitative estimate of drug-likeness (QED) is 0.536. The Labute approximate surface area is 122 Å². The number of carbonyl (C=O) groups excluding carboxylic acids is 2. The molecule has 0 saturated carbocycles. The van der Waals surface area contributed by atoms with Crippen LogP contribution in [0, 0.1) is 5.92 Å². The second-order valence-corrected chi connectivity index (χ2v) is 4.55. The zero-order valence-electron chi connectivity index (χ0n) is 11.8. The zero-order valence-corrected chi connectivity index (χ0v) is 11.8. The van der Waals surface area contributed by atoms with Crippen LogP contribution < -0.4 is 16.4 Å². The van der Waals surface area contributed by atoms with Crippen molar-refractivity contribution in [2.24, 2.45) is 5.92 Å². The van der Waals surface area contributed by atoms with Gasteiger partial charge in [-0.1, -0.05) is 6.92 Å². The number of carboxylic acid groups (broad SMARTS) is 1. The Hall–Kier alpha value is -2.57. The minimum atomic E-state index is -0.955. The number of hydrogen-bond donors (Lipinski definition) is 4. The number of aliphatic carboxylic acids is 1. The minimum Gasteiger partial charge on any atom is -0.481 e. The highest BCUT2D eigenvalue weighted by Crippen LogP contribution is 2.05. The van der Waals surface area contributed by atoms with Crippen molar-refractivity contribution in [1.29, 1.82) is 0 Å². The van der Waals surface area contributed by atoms with Gasteiger partial charge in [-0.15, -0.1) is 0 Å². The third-order valence-corrected chi connectivity index (χ3v) is 2.97. The molecule has 0 aliphatic heterocycles. The Bertz CT molecular complexity index is 513. The molecule has 5 N–H and O–H groups in total. The molecular weight excluding hydrogens is 274 g/mol. The third kappa shape index (κ3) is 5.52. The van der Waals surface area contributed by atoms with E-state index in [1.165, 1.54) is 0 Å². The minimum absolute atomic E-state index is 0.0441. The first-order valence-electron chi connectivity index (χ1n) is 6.57. The number of carboxylic acids is 1. The van der Waals surface area contributed by atoms with Crippen LogP contribution in [0.5, 0.6) is 0 Å². The van der Waals surface area contributed by atoms with E-state index in [1.807, 2.05) is 0 Å². The van der Waals surface area contributed by atoms with Crippen LogP contribution in [0.2, 0.25) is 0 Å². The number of nitrogen functional groups attached to an aromatic ring is 1. The molecule has 0 spiro atoms. The first-order chi connectivity index (χ1) is 9.93. The van der Waals surface area contributed by atoms with Gasteiger partial charge in [-0.3, -0.25) is 14.4 Å². The highest BCUT2D eigenvalue weighted by atomic mass is 16.4. The maximum Gasteiger partial charge on any atom is 0.308 e. The molecule has 0 aromatic heterocycles. The van der Waals surface area contributed by atoms with Gasteiger partial charge in [0.2, 0.25) is 5.91 Å². The molecule has 1 unspecified atom stereocenters. The molecule has 0 aliphatic carbocycles. The summed E-state index contributed by atoms with van der Waals surface area (Å²) in [6.45, 7) is 1.56. The van der Waals surface area contributed by atoms with Crippen LogP contribution in [0.1, 0.15) is 23.7 Å². The van der Waals surface area contributed by atoms with Crippen molar-refractivity contribution < 1.29 is 19.5 Å². The topological polar surface area (TPSA) is 122 Å². The summed E-state index contributed by atoms with van der Waals surface area (Å²) in [5.74, 6) is -2.40. The predicted molar refractivity (Wildman–Crippen MR) is 77.6 cm³/mol. The van der Waals surface area contributed by atoms with E-state index in [-0.39, 0.29) is 13.1 Å². The highest BCUT2D eigenvalue weighted by Gasteiger charge is 2.16. The molecule has 1 aromatic rings. The van der Waals surface area contributed by atoms with Crippen LogP contribution in [-0.2, 0) is 9.59 Å². The van der Waals surface area contributed by atoms with Gasteiger partial charge in [0.1, 0.15) is 0 Å². The van der Waals surface area contributed by atoms with Gasteiger partial charge in [0.05, 0.1) is 12.5 Å². The number of rotatable bonds is 7. The first-order valence-corrected chi connectivity index (χ1v) is 6.57. The number of amides is 2. The lowest BCUT2D eigenvalue weighted by Gasteiger charge is -2.11. The number of nitrogens with one attached hydrogen (secondary N) is 2. The fourth-order valence-corrected chi connectivity index (χ4v) is 1.60. The van der Waals surface area contributed by atoms with Crippen LogP contribution in [0.15, 0.2) is 24.3 Å². The Morgan fingerprint density at radius 2 is 1.81 bits per heavy atom. The van der Waals surface area contributed by atoms with Crippen LogP contribution in [0.3, 0.4) is 0 Å². The lowest BCUT2D eigenvalue weighted by molar-refractivity contribution is -0.141. The van der Waals surface area contributed by atoms with E-state index in [9.17, 15) is 14.4 Å². The largest absolute Gasteiger partial charge is 0.481 e.